The molecule has 0 spiro atoms. The molecule has 0 saturated heterocycles. The lowest BCUT2D eigenvalue weighted by molar-refractivity contribution is -0.137. The summed E-state index contributed by atoms with van der Waals surface area (Å²) in [5.74, 6) is -1.99. The SMILES string of the molecule is O=C(O)CCN1CCc2onc(-c3ccc(F)c(F)c3)c2C1. The molecule has 0 saturated carbocycles. The van der Waals surface area contributed by atoms with Gasteiger partial charge in [-0.25, -0.2) is 8.78 Å². The standard InChI is InChI=1S/C15H14F2N2O3/c16-11-2-1-9(7-12(11)17)15-10-8-19(6-4-14(20)21)5-3-13(10)22-18-15/h1-2,7H,3-6,8H2,(H,20,21). The third-order valence-corrected chi connectivity index (χ3v) is 3.74. The number of fused-ring (bicyclic) bond motifs is 1. The number of carboxylic acids is 1. The first-order chi connectivity index (χ1) is 10.5. The Kier molecular flexibility index (Phi) is 3.89. The summed E-state index contributed by atoms with van der Waals surface area (Å²) in [6.07, 6.45) is 0.673. The van der Waals surface area contributed by atoms with Gasteiger partial charge in [-0.3, -0.25) is 9.69 Å². The van der Waals surface area contributed by atoms with Crippen LogP contribution >= 0.6 is 0 Å². The Hall–Kier alpha value is -2.28. The fourth-order valence-electron chi connectivity index (χ4n) is 2.58. The molecule has 1 aliphatic rings. The van der Waals surface area contributed by atoms with E-state index < -0.39 is 17.6 Å². The fourth-order valence-corrected chi connectivity index (χ4v) is 2.58. The van der Waals surface area contributed by atoms with Crippen LogP contribution in [0.25, 0.3) is 11.3 Å². The summed E-state index contributed by atoms with van der Waals surface area (Å²) in [4.78, 5) is 12.6. The molecule has 22 heavy (non-hydrogen) atoms. The minimum absolute atomic E-state index is 0.0567. The van der Waals surface area contributed by atoms with E-state index in [9.17, 15) is 13.6 Å². The van der Waals surface area contributed by atoms with Crippen LogP contribution < -0.4 is 0 Å². The van der Waals surface area contributed by atoms with Crippen LogP contribution in [0.3, 0.4) is 0 Å². The molecule has 2 aromatic rings. The third-order valence-electron chi connectivity index (χ3n) is 3.74. The highest BCUT2D eigenvalue weighted by Crippen LogP contribution is 2.30. The number of carbonyl (C=O) groups is 1. The van der Waals surface area contributed by atoms with Crippen molar-refractivity contribution in [1.29, 1.82) is 0 Å². The van der Waals surface area contributed by atoms with Gasteiger partial charge in [0.05, 0.1) is 6.42 Å². The number of hydrogen-bond acceptors (Lipinski definition) is 4. The quantitative estimate of drug-likeness (QED) is 0.940. The van der Waals surface area contributed by atoms with Gasteiger partial charge >= 0.3 is 5.97 Å². The molecule has 0 atom stereocenters. The van der Waals surface area contributed by atoms with E-state index in [1.165, 1.54) is 6.07 Å². The molecule has 0 radical (unpaired) electrons. The van der Waals surface area contributed by atoms with E-state index in [-0.39, 0.29) is 6.42 Å². The van der Waals surface area contributed by atoms with Crippen LogP contribution in [-0.4, -0.2) is 34.2 Å². The van der Waals surface area contributed by atoms with Crippen LogP contribution in [0, 0.1) is 11.6 Å². The normalized spacial score (nSPS) is 14.8. The summed E-state index contributed by atoms with van der Waals surface area (Å²) in [5, 5.41) is 12.7. The number of rotatable bonds is 4. The lowest BCUT2D eigenvalue weighted by atomic mass is 10.0. The van der Waals surface area contributed by atoms with E-state index >= 15 is 0 Å². The first-order valence-corrected chi connectivity index (χ1v) is 6.91. The van der Waals surface area contributed by atoms with Crippen LogP contribution in [0.4, 0.5) is 8.78 Å². The molecule has 1 N–H and O–H groups in total. The van der Waals surface area contributed by atoms with Gasteiger partial charge in [0.15, 0.2) is 11.6 Å². The number of halogens is 2. The van der Waals surface area contributed by atoms with E-state index in [4.69, 9.17) is 9.63 Å². The topological polar surface area (TPSA) is 66.6 Å². The van der Waals surface area contributed by atoms with E-state index in [0.29, 0.717) is 43.1 Å². The van der Waals surface area contributed by atoms with Crippen LogP contribution in [-0.2, 0) is 17.8 Å². The Morgan fingerprint density at radius 1 is 1.36 bits per heavy atom. The molecular formula is C15H14F2N2O3. The van der Waals surface area contributed by atoms with Gasteiger partial charge < -0.3 is 9.63 Å². The third kappa shape index (κ3) is 2.85. The largest absolute Gasteiger partial charge is 0.481 e. The lowest BCUT2D eigenvalue weighted by Gasteiger charge is -2.25. The van der Waals surface area contributed by atoms with Gasteiger partial charge in [-0.05, 0) is 18.2 Å². The summed E-state index contributed by atoms with van der Waals surface area (Å²) in [6.45, 7) is 1.60. The monoisotopic (exact) mass is 308 g/mol. The van der Waals surface area contributed by atoms with Crippen molar-refractivity contribution in [2.24, 2.45) is 0 Å². The first-order valence-electron chi connectivity index (χ1n) is 6.91. The molecule has 2 heterocycles. The summed E-state index contributed by atoms with van der Waals surface area (Å²) in [7, 11) is 0. The maximum absolute atomic E-state index is 13.4. The summed E-state index contributed by atoms with van der Waals surface area (Å²) in [5.41, 5.74) is 1.74. The number of carboxylic acid groups (broad SMARTS) is 1. The molecule has 0 amide bonds. The second kappa shape index (κ2) is 5.84. The van der Waals surface area contributed by atoms with Gasteiger partial charge in [-0.1, -0.05) is 5.16 Å². The number of aromatic nitrogens is 1. The van der Waals surface area contributed by atoms with Crippen LogP contribution in [0.1, 0.15) is 17.7 Å². The molecule has 7 heteroatoms. The summed E-state index contributed by atoms with van der Waals surface area (Å²) >= 11 is 0. The second-order valence-corrected chi connectivity index (χ2v) is 5.23. The van der Waals surface area contributed by atoms with E-state index in [1.54, 1.807) is 0 Å². The predicted molar refractivity (Wildman–Crippen MR) is 73.1 cm³/mol. The van der Waals surface area contributed by atoms with Crippen molar-refractivity contribution in [2.75, 3.05) is 13.1 Å². The van der Waals surface area contributed by atoms with Crippen molar-refractivity contribution in [1.82, 2.24) is 10.1 Å². The fraction of sp³-hybridized carbons (Fsp3) is 0.333. The van der Waals surface area contributed by atoms with Crippen molar-refractivity contribution < 1.29 is 23.2 Å². The molecule has 0 aliphatic carbocycles. The Morgan fingerprint density at radius 2 is 2.18 bits per heavy atom. The molecule has 5 nitrogen and oxygen atoms in total. The minimum atomic E-state index is -0.937. The average Bonchev–Trinajstić information content (AvgIpc) is 2.91. The maximum Gasteiger partial charge on any atom is 0.304 e. The number of benzene rings is 1. The first kappa shape index (κ1) is 14.6. The summed E-state index contributed by atoms with van der Waals surface area (Å²) < 4.78 is 31.7. The van der Waals surface area contributed by atoms with Gasteiger partial charge in [0.1, 0.15) is 11.5 Å². The lowest BCUT2D eigenvalue weighted by Crippen LogP contribution is -2.32. The van der Waals surface area contributed by atoms with Gasteiger partial charge in [0, 0.05) is 37.2 Å². The van der Waals surface area contributed by atoms with Crippen LogP contribution in [0.15, 0.2) is 22.7 Å². The van der Waals surface area contributed by atoms with Crippen LogP contribution in [0.5, 0.6) is 0 Å². The van der Waals surface area contributed by atoms with Gasteiger partial charge in [-0.15, -0.1) is 0 Å². The van der Waals surface area contributed by atoms with Gasteiger partial charge in [-0.2, -0.15) is 0 Å². The maximum atomic E-state index is 13.4. The van der Waals surface area contributed by atoms with Gasteiger partial charge in [0.2, 0.25) is 0 Å². The molecule has 1 aliphatic heterocycles. The highest BCUT2D eigenvalue weighted by atomic mass is 19.2. The highest BCUT2D eigenvalue weighted by Gasteiger charge is 2.25. The number of hydrogen-bond donors (Lipinski definition) is 1. The summed E-state index contributed by atoms with van der Waals surface area (Å²) in [6, 6.07) is 3.59. The highest BCUT2D eigenvalue weighted by molar-refractivity contribution is 5.67. The molecular weight excluding hydrogens is 294 g/mol. The molecule has 116 valence electrons. The van der Waals surface area contributed by atoms with Crippen molar-refractivity contribution >= 4 is 5.97 Å². The Bertz CT molecular complexity index is 715. The number of aliphatic carboxylic acids is 1. The Morgan fingerprint density at radius 3 is 2.91 bits per heavy atom. The van der Waals surface area contributed by atoms with Crippen LogP contribution in [0.2, 0.25) is 0 Å². The smallest absolute Gasteiger partial charge is 0.304 e. The zero-order valence-electron chi connectivity index (χ0n) is 11.7. The van der Waals surface area contributed by atoms with E-state index in [0.717, 1.165) is 17.7 Å². The Labute approximate surface area is 125 Å². The van der Waals surface area contributed by atoms with Crippen molar-refractivity contribution in [3.63, 3.8) is 0 Å². The van der Waals surface area contributed by atoms with E-state index in [2.05, 4.69) is 5.16 Å². The predicted octanol–water partition coefficient (Wildman–Crippen LogP) is 2.45. The molecule has 0 bridgehead atoms. The minimum Gasteiger partial charge on any atom is -0.481 e. The van der Waals surface area contributed by atoms with Crippen molar-refractivity contribution in [3.8, 4) is 11.3 Å². The zero-order chi connectivity index (χ0) is 15.7. The molecule has 1 aromatic heterocycles. The zero-order valence-corrected chi connectivity index (χ0v) is 11.7. The van der Waals surface area contributed by atoms with E-state index in [1.807, 2.05) is 4.90 Å². The Balaban J connectivity index is 1.85. The van der Waals surface area contributed by atoms with Crippen molar-refractivity contribution in [3.05, 3.63) is 41.2 Å². The van der Waals surface area contributed by atoms with Crippen molar-refractivity contribution in [2.45, 2.75) is 19.4 Å². The molecule has 0 unspecified atom stereocenters. The second-order valence-electron chi connectivity index (χ2n) is 5.23. The number of nitrogens with zero attached hydrogens (tertiary/aromatic N) is 2. The average molecular weight is 308 g/mol. The molecule has 0 fully saturated rings. The molecule has 3 rings (SSSR count). The molecule has 1 aromatic carbocycles. The van der Waals surface area contributed by atoms with Gasteiger partial charge in [0.25, 0.3) is 0 Å².